The van der Waals surface area contributed by atoms with Crippen molar-refractivity contribution in [3.63, 3.8) is 0 Å². The number of quaternary nitrogens is 1. The quantitative estimate of drug-likeness (QED) is 0.0205. The van der Waals surface area contributed by atoms with Crippen molar-refractivity contribution in [1.29, 1.82) is 0 Å². The zero-order valence-electron chi connectivity index (χ0n) is 48.4. The number of nitrogens with zero attached hydrogens (tertiary/aromatic N) is 1. The van der Waals surface area contributed by atoms with Crippen LogP contribution in [0.15, 0.2) is 72.9 Å². The maximum absolute atomic E-state index is 13.5. The molecule has 3 unspecified atom stereocenters. The van der Waals surface area contributed by atoms with Gasteiger partial charge in [-0.1, -0.05) is 255 Å². The zero-order chi connectivity index (χ0) is 53.6. The maximum atomic E-state index is 13.5. The van der Waals surface area contributed by atoms with Crippen LogP contribution in [0.1, 0.15) is 265 Å². The number of carbonyl (C=O) groups is 2. The maximum Gasteiger partial charge on any atom is 0.472 e. The second-order valence-electron chi connectivity index (χ2n) is 21.5. The second kappa shape index (κ2) is 52.9. The van der Waals surface area contributed by atoms with Crippen LogP contribution in [0.4, 0.5) is 0 Å². The van der Waals surface area contributed by atoms with Gasteiger partial charge in [0.05, 0.1) is 33.8 Å². The molecule has 0 aromatic heterocycles. The third-order valence-corrected chi connectivity index (χ3v) is 14.1. The highest BCUT2D eigenvalue weighted by molar-refractivity contribution is 7.47. The second-order valence-corrected chi connectivity index (χ2v) is 23.0. The molecule has 0 rings (SSSR count). The molecule has 0 aliphatic rings. The Labute approximate surface area is 451 Å². The van der Waals surface area contributed by atoms with Gasteiger partial charge in [-0.25, -0.2) is 4.57 Å². The Morgan fingerprint density at radius 2 is 0.890 bits per heavy atom. The summed E-state index contributed by atoms with van der Waals surface area (Å²) in [5.74, 6) is -0.568. The van der Waals surface area contributed by atoms with Crippen LogP contribution in [0, 0.1) is 0 Å². The van der Waals surface area contributed by atoms with Gasteiger partial charge in [0.15, 0.2) is 0 Å². The van der Waals surface area contributed by atoms with Gasteiger partial charge in [0, 0.05) is 12.8 Å². The third-order valence-electron chi connectivity index (χ3n) is 13.2. The molecule has 3 atom stereocenters. The SMILES string of the molecule is CC/C=C\C/C=C\C/C=C\C/C=C\C/C=C\CCCC(=O)OC(/C=C/CCCCCCCCCCCCC)C(COP(=O)(O)OCC[N+](C)(C)C)NC(=O)CCCCCCCCCCCCCCCCCCC. The molecule has 0 radical (unpaired) electrons. The van der Waals surface area contributed by atoms with Gasteiger partial charge in [-0.3, -0.25) is 18.6 Å². The Hall–Kier alpha value is -2.55. The number of unbranched alkanes of at least 4 members (excludes halogenated alkanes) is 28. The van der Waals surface area contributed by atoms with E-state index in [1.54, 1.807) is 0 Å². The molecule has 0 fully saturated rings. The molecule has 73 heavy (non-hydrogen) atoms. The fourth-order valence-electron chi connectivity index (χ4n) is 8.51. The zero-order valence-corrected chi connectivity index (χ0v) is 49.3. The number of esters is 1. The molecule has 424 valence electrons. The van der Waals surface area contributed by atoms with E-state index >= 15 is 0 Å². The number of carbonyl (C=O) groups excluding carboxylic acids is 2. The number of hydrogen-bond donors (Lipinski definition) is 2. The van der Waals surface area contributed by atoms with Gasteiger partial charge in [0.1, 0.15) is 19.3 Å². The van der Waals surface area contributed by atoms with Crippen molar-refractivity contribution in [2.45, 2.75) is 277 Å². The standard InChI is InChI=1S/C63H115N2O7P/c1-7-10-13-16-19-22-25-28-30-32-34-37-40-43-46-49-52-55-62(66)64-60(59-71-73(68,69)70-58-57-65(4,5)6)61(54-51-48-45-42-39-36-27-24-21-18-15-12-9-3)72-63(67)56-53-50-47-44-41-38-35-33-31-29-26-23-20-17-14-11-8-2/h11,14,20,23,29,31,35,38,44,47,51,54,60-61H,7-10,12-13,15-19,21-22,24-28,30,32-34,36-37,39-43,45-46,48-50,52-53,55-59H2,1-6H3,(H-,64,66,68,69)/p+1/b14-11-,23-20-,31-29-,38-35-,47-44-,54-51+. The molecule has 0 aromatic rings. The number of allylic oxidation sites excluding steroid dienone is 11. The van der Waals surface area contributed by atoms with Crippen molar-refractivity contribution in [3.05, 3.63) is 72.9 Å². The van der Waals surface area contributed by atoms with E-state index in [0.29, 0.717) is 23.9 Å². The molecule has 10 heteroatoms. The number of amides is 1. The molecular formula is C63H116N2O7P+. The molecule has 0 saturated heterocycles. The van der Waals surface area contributed by atoms with E-state index in [0.717, 1.165) is 77.0 Å². The fraction of sp³-hybridized carbons (Fsp3) is 0.778. The first-order chi connectivity index (χ1) is 35.4. The van der Waals surface area contributed by atoms with Crippen LogP contribution in [0.5, 0.6) is 0 Å². The lowest BCUT2D eigenvalue weighted by Crippen LogP contribution is -2.47. The summed E-state index contributed by atoms with van der Waals surface area (Å²) in [6.45, 7) is 6.88. The minimum absolute atomic E-state index is 0.0305. The van der Waals surface area contributed by atoms with Gasteiger partial charge in [0.25, 0.3) is 0 Å². The highest BCUT2D eigenvalue weighted by Crippen LogP contribution is 2.43. The lowest BCUT2D eigenvalue weighted by Gasteiger charge is -2.27. The molecule has 0 saturated carbocycles. The topological polar surface area (TPSA) is 111 Å². The van der Waals surface area contributed by atoms with E-state index in [-0.39, 0.29) is 31.5 Å². The summed E-state index contributed by atoms with van der Waals surface area (Å²) in [5.41, 5.74) is 0. The van der Waals surface area contributed by atoms with Gasteiger partial charge < -0.3 is 19.4 Å². The smallest absolute Gasteiger partial charge is 0.456 e. The van der Waals surface area contributed by atoms with Gasteiger partial charge in [-0.2, -0.15) is 0 Å². The fourth-order valence-corrected chi connectivity index (χ4v) is 9.24. The van der Waals surface area contributed by atoms with Crippen molar-refractivity contribution in [2.24, 2.45) is 0 Å². The van der Waals surface area contributed by atoms with Crippen LogP contribution in [-0.2, 0) is 27.9 Å². The summed E-state index contributed by atoms with van der Waals surface area (Å²) >= 11 is 0. The summed E-state index contributed by atoms with van der Waals surface area (Å²) in [6, 6.07) is -0.871. The first-order valence-electron chi connectivity index (χ1n) is 30.3. The molecule has 0 aliphatic carbocycles. The summed E-state index contributed by atoms with van der Waals surface area (Å²) in [4.78, 5) is 37.6. The lowest BCUT2D eigenvalue weighted by atomic mass is 10.0. The van der Waals surface area contributed by atoms with Gasteiger partial charge in [-0.15, -0.1) is 0 Å². The molecule has 0 bridgehead atoms. The molecule has 2 N–H and O–H groups in total. The largest absolute Gasteiger partial charge is 0.472 e. The predicted octanol–water partition coefficient (Wildman–Crippen LogP) is 18.4. The average Bonchev–Trinajstić information content (AvgIpc) is 3.35. The van der Waals surface area contributed by atoms with Crippen molar-refractivity contribution in [3.8, 4) is 0 Å². The minimum Gasteiger partial charge on any atom is -0.456 e. The highest BCUT2D eigenvalue weighted by Gasteiger charge is 2.30. The van der Waals surface area contributed by atoms with E-state index in [1.807, 2.05) is 33.3 Å². The van der Waals surface area contributed by atoms with Crippen LogP contribution in [0.2, 0.25) is 0 Å². The first kappa shape index (κ1) is 70.5. The monoisotopic (exact) mass is 1040 g/mol. The lowest BCUT2D eigenvalue weighted by molar-refractivity contribution is -0.870. The highest BCUT2D eigenvalue weighted by atomic mass is 31.2. The van der Waals surface area contributed by atoms with Gasteiger partial charge in [-0.05, 0) is 70.3 Å². The number of phosphoric acid groups is 1. The van der Waals surface area contributed by atoms with E-state index in [4.69, 9.17) is 13.8 Å². The van der Waals surface area contributed by atoms with Crippen molar-refractivity contribution >= 4 is 19.7 Å². The number of nitrogens with one attached hydrogen (secondary N) is 1. The Morgan fingerprint density at radius 1 is 0.493 bits per heavy atom. The average molecular weight is 1040 g/mol. The van der Waals surface area contributed by atoms with E-state index in [2.05, 4.69) is 86.8 Å². The molecular weight excluding hydrogens is 928 g/mol. The number of ether oxygens (including phenoxy) is 1. The first-order valence-corrected chi connectivity index (χ1v) is 31.8. The van der Waals surface area contributed by atoms with Crippen molar-refractivity contribution in [2.75, 3.05) is 40.9 Å². The van der Waals surface area contributed by atoms with Crippen LogP contribution in [0.3, 0.4) is 0 Å². The predicted molar refractivity (Wildman–Crippen MR) is 314 cm³/mol. The number of phosphoric ester groups is 1. The Balaban J connectivity index is 5.40. The molecule has 1 amide bonds. The van der Waals surface area contributed by atoms with Crippen LogP contribution >= 0.6 is 7.82 Å². The summed E-state index contributed by atoms with van der Waals surface area (Å²) in [7, 11) is 1.47. The Kier molecular flexibility index (Phi) is 51.0. The van der Waals surface area contributed by atoms with Crippen molar-refractivity contribution < 1.29 is 37.3 Å². The molecule has 0 aliphatic heterocycles. The number of hydrogen-bond acceptors (Lipinski definition) is 6. The molecule has 9 nitrogen and oxygen atoms in total. The van der Waals surface area contributed by atoms with Crippen molar-refractivity contribution in [1.82, 2.24) is 5.32 Å². The Bertz CT molecular complexity index is 1480. The normalized spacial score (nSPS) is 14.2. The minimum atomic E-state index is -4.46. The van der Waals surface area contributed by atoms with Gasteiger partial charge in [0.2, 0.25) is 5.91 Å². The van der Waals surface area contributed by atoms with E-state index < -0.39 is 20.0 Å². The van der Waals surface area contributed by atoms with E-state index in [9.17, 15) is 19.0 Å². The van der Waals surface area contributed by atoms with Gasteiger partial charge >= 0.3 is 13.8 Å². The Morgan fingerprint density at radius 3 is 1.33 bits per heavy atom. The van der Waals surface area contributed by atoms with Crippen LogP contribution < -0.4 is 5.32 Å². The third kappa shape index (κ3) is 54.1. The molecule has 0 heterocycles. The van der Waals surface area contributed by atoms with Crippen LogP contribution in [-0.4, -0.2) is 74.3 Å². The molecule has 0 aromatic carbocycles. The van der Waals surface area contributed by atoms with E-state index in [1.165, 1.54) is 148 Å². The summed E-state index contributed by atoms with van der Waals surface area (Å²) in [5, 5.41) is 3.04. The van der Waals surface area contributed by atoms with Crippen LogP contribution in [0.25, 0.3) is 0 Å². The summed E-state index contributed by atoms with van der Waals surface area (Å²) in [6.07, 6.45) is 67.6. The summed E-state index contributed by atoms with van der Waals surface area (Å²) < 4.78 is 30.6. The number of likely N-dealkylation sites (N-methyl/N-ethyl adjacent to an activating group) is 1. The number of rotatable bonds is 54. The molecule has 0 spiro atoms.